The third kappa shape index (κ3) is 3.87. The Bertz CT molecular complexity index is 357. The molecular weight excluding hydrogens is 236 g/mol. The van der Waals surface area contributed by atoms with Crippen molar-refractivity contribution in [2.45, 2.75) is 19.4 Å². The molecule has 0 aliphatic rings. The molecule has 0 aliphatic carbocycles. The fraction of sp³-hybridized carbons (Fsp3) is 0.538. The number of rotatable bonds is 6. The van der Waals surface area contributed by atoms with Crippen LogP contribution in [0.2, 0.25) is 5.02 Å². The molecule has 2 N–H and O–H groups in total. The number of nitrogens with two attached hydrogens (primary N) is 1. The van der Waals surface area contributed by atoms with Crippen LogP contribution in [0.1, 0.15) is 12.5 Å². The summed E-state index contributed by atoms with van der Waals surface area (Å²) in [5.41, 5.74) is 7.98. The first kappa shape index (κ1) is 14.3. The second-order valence-electron chi connectivity index (χ2n) is 4.23. The van der Waals surface area contributed by atoms with Crippen LogP contribution < -0.4 is 10.6 Å². The molecule has 1 aromatic carbocycles. The molecule has 1 unspecified atom stereocenters. The Labute approximate surface area is 109 Å². The number of methoxy groups -OCH3 is 1. The molecule has 1 atom stereocenters. The molecule has 4 heteroatoms. The van der Waals surface area contributed by atoms with Gasteiger partial charge in [0.2, 0.25) is 0 Å². The fourth-order valence-electron chi connectivity index (χ4n) is 1.84. The van der Waals surface area contributed by atoms with Crippen LogP contribution in [0, 0.1) is 0 Å². The Morgan fingerprint density at radius 1 is 1.47 bits per heavy atom. The summed E-state index contributed by atoms with van der Waals surface area (Å²) in [5, 5.41) is 0.755. The lowest BCUT2D eigenvalue weighted by atomic mass is 10.1. The van der Waals surface area contributed by atoms with Gasteiger partial charge in [0.05, 0.1) is 6.61 Å². The van der Waals surface area contributed by atoms with Gasteiger partial charge in [-0.1, -0.05) is 11.6 Å². The lowest BCUT2D eigenvalue weighted by Gasteiger charge is -2.28. The third-order valence-corrected chi connectivity index (χ3v) is 3.14. The van der Waals surface area contributed by atoms with Crippen LogP contribution in [0.3, 0.4) is 0 Å². The maximum absolute atomic E-state index is 6.01. The van der Waals surface area contributed by atoms with Crippen LogP contribution in [0.15, 0.2) is 18.2 Å². The van der Waals surface area contributed by atoms with E-state index in [2.05, 4.69) is 18.9 Å². The minimum absolute atomic E-state index is 0.317. The Morgan fingerprint density at radius 3 is 2.76 bits per heavy atom. The van der Waals surface area contributed by atoms with Gasteiger partial charge in [-0.05, 0) is 43.7 Å². The summed E-state index contributed by atoms with van der Waals surface area (Å²) in [6.07, 6.45) is 0.833. The molecule has 0 radical (unpaired) electrons. The molecule has 1 aromatic rings. The summed E-state index contributed by atoms with van der Waals surface area (Å²) in [4.78, 5) is 2.20. The van der Waals surface area contributed by atoms with Gasteiger partial charge in [0.15, 0.2) is 0 Å². The summed E-state index contributed by atoms with van der Waals surface area (Å²) in [6, 6.07) is 6.25. The van der Waals surface area contributed by atoms with E-state index in [9.17, 15) is 0 Å². The predicted molar refractivity (Wildman–Crippen MR) is 74.0 cm³/mol. The van der Waals surface area contributed by atoms with Gasteiger partial charge in [-0.15, -0.1) is 0 Å². The molecule has 1 rings (SSSR count). The lowest BCUT2D eigenvalue weighted by molar-refractivity contribution is 0.183. The van der Waals surface area contributed by atoms with Crippen LogP contribution in [-0.2, 0) is 11.2 Å². The first-order chi connectivity index (χ1) is 8.10. The highest BCUT2D eigenvalue weighted by Gasteiger charge is 2.13. The zero-order chi connectivity index (χ0) is 12.8. The Balaban J connectivity index is 2.94. The molecule has 17 heavy (non-hydrogen) atoms. The standard InChI is InChI=1S/C13H21ClN2O/c1-10(9-17-3)16(2)13-5-4-12(14)8-11(13)6-7-15/h4-5,8,10H,6-7,9,15H2,1-3H3. The van der Waals surface area contributed by atoms with Crippen molar-refractivity contribution in [2.24, 2.45) is 5.73 Å². The van der Waals surface area contributed by atoms with Crippen LogP contribution in [0.4, 0.5) is 5.69 Å². The molecule has 0 fully saturated rings. The largest absolute Gasteiger partial charge is 0.383 e. The highest BCUT2D eigenvalue weighted by atomic mass is 35.5. The smallest absolute Gasteiger partial charge is 0.0663 e. The number of benzene rings is 1. The molecule has 0 heterocycles. The number of hydrogen-bond donors (Lipinski definition) is 1. The van der Waals surface area contributed by atoms with Gasteiger partial charge < -0.3 is 15.4 Å². The van der Waals surface area contributed by atoms with Gasteiger partial charge in [-0.2, -0.15) is 0 Å². The molecule has 0 amide bonds. The second kappa shape index (κ2) is 6.84. The third-order valence-electron chi connectivity index (χ3n) is 2.90. The van der Waals surface area contributed by atoms with E-state index in [1.807, 2.05) is 18.2 Å². The Hall–Kier alpha value is -0.770. The van der Waals surface area contributed by atoms with E-state index in [0.717, 1.165) is 11.4 Å². The van der Waals surface area contributed by atoms with Crippen molar-refractivity contribution >= 4 is 17.3 Å². The minimum Gasteiger partial charge on any atom is -0.383 e. The van der Waals surface area contributed by atoms with E-state index in [-0.39, 0.29) is 0 Å². The van der Waals surface area contributed by atoms with Crippen molar-refractivity contribution in [3.63, 3.8) is 0 Å². The highest BCUT2D eigenvalue weighted by molar-refractivity contribution is 6.30. The molecule has 96 valence electrons. The minimum atomic E-state index is 0.317. The van der Waals surface area contributed by atoms with Crippen molar-refractivity contribution in [2.75, 3.05) is 32.2 Å². The van der Waals surface area contributed by atoms with E-state index in [0.29, 0.717) is 19.2 Å². The van der Waals surface area contributed by atoms with E-state index < -0.39 is 0 Å². The molecular formula is C13H21ClN2O. The van der Waals surface area contributed by atoms with E-state index in [1.165, 1.54) is 11.3 Å². The Morgan fingerprint density at radius 2 is 2.18 bits per heavy atom. The quantitative estimate of drug-likeness (QED) is 0.849. The molecule has 0 spiro atoms. The lowest BCUT2D eigenvalue weighted by Crippen LogP contribution is -2.33. The van der Waals surface area contributed by atoms with Crippen LogP contribution >= 0.6 is 11.6 Å². The van der Waals surface area contributed by atoms with Crippen LogP contribution in [0.25, 0.3) is 0 Å². The molecule has 0 saturated heterocycles. The highest BCUT2D eigenvalue weighted by Crippen LogP contribution is 2.25. The summed E-state index contributed by atoms with van der Waals surface area (Å²) in [5.74, 6) is 0. The average Bonchev–Trinajstić information content (AvgIpc) is 2.29. The maximum Gasteiger partial charge on any atom is 0.0663 e. The van der Waals surface area contributed by atoms with Gasteiger partial charge in [0.25, 0.3) is 0 Å². The van der Waals surface area contributed by atoms with Crippen molar-refractivity contribution < 1.29 is 4.74 Å². The topological polar surface area (TPSA) is 38.5 Å². The van der Waals surface area contributed by atoms with Crippen molar-refractivity contribution in [1.82, 2.24) is 0 Å². The first-order valence-electron chi connectivity index (χ1n) is 5.80. The number of nitrogens with zero attached hydrogens (tertiary/aromatic N) is 1. The summed E-state index contributed by atoms with van der Waals surface area (Å²) in [7, 11) is 3.78. The monoisotopic (exact) mass is 256 g/mol. The molecule has 0 aromatic heterocycles. The summed E-state index contributed by atoms with van der Waals surface area (Å²) in [6.45, 7) is 3.45. The fourth-order valence-corrected chi connectivity index (χ4v) is 2.04. The maximum atomic E-state index is 6.01. The average molecular weight is 257 g/mol. The SMILES string of the molecule is COCC(C)N(C)c1ccc(Cl)cc1CCN. The van der Waals surface area contributed by atoms with Crippen LogP contribution in [-0.4, -0.2) is 33.4 Å². The number of hydrogen-bond acceptors (Lipinski definition) is 3. The number of anilines is 1. The van der Waals surface area contributed by atoms with Crippen molar-refractivity contribution in [3.8, 4) is 0 Å². The summed E-state index contributed by atoms with van der Waals surface area (Å²) < 4.78 is 5.18. The van der Waals surface area contributed by atoms with Gasteiger partial charge >= 0.3 is 0 Å². The summed E-state index contributed by atoms with van der Waals surface area (Å²) >= 11 is 6.01. The zero-order valence-electron chi connectivity index (χ0n) is 10.7. The number of halogens is 1. The van der Waals surface area contributed by atoms with Crippen molar-refractivity contribution in [1.29, 1.82) is 0 Å². The zero-order valence-corrected chi connectivity index (χ0v) is 11.5. The van der Waals surface area contributed by atoms with E-state index in [4.69, 9.17) is 22.1 Å². The molecule has 0 saturated carbocycles. The molecule has 3 nitrogen and oxygen atoms in total. The number of ether oxygens (including phenoxy) is 1. The molecule has 0 aliphatic heterocycles. The Kier molecular flexibility index (Phi) is 5.75. The van der Waals surface area contributed by atoms with Crippen LogP contribution in [0.5, 0.6) is 0 Å². The first-order valence-corrected chi connectivity index (χ1v) is 6.18. The predicted octanol–water partition coefficient (Wildman–Crippen LogP) is 2.31. The van der Waals surface area contributed by atoms with Gasteiger partial charge in [0.1, 0.15) is 0 Å². The van der Waals surface area contributed by atoms with E-state index >= 15 is 0 Å². The number of likely N-dealkylation sites (N-methyl/N-ethyl adjacent to an activating group) is 1. The van der Waals surface area contributed by atoms with Gasteiger partial charge in [0, 0.05) is 30.9 Å². The normalized spacial score (nSPS) is 12.5. The van der Waals surface area contributed by atoms with Gasteiger partial charge in [-0.3, -0.25) is 0 Å². The van der Waals surface area contributed by atoms with E-state index in [1.54, 1.807) is 7.11 Å². The van der Waals surface area contributed by atoms with Gasteiger partial charge in [-0.25, -0.2) is 0 Å². The molecule has 0 bridgehead atoms. The van der Waals surface area contributed by atoms with Crippen molar-refractivity contribution in [3.05, 3.63) is 28.8 Å². The second-order valence-corrected chi connectivity index (χ2v) is 4.66.